The van der Waals surface area contributed by atoms with E-state index in [1.54, 1.807) is 4.90 Å². The molecule has 3 heterocycles. The Morgan fingerprint density at radius 2 is 1.90 bits per heavy atom. The number of ether oxygens (including phenoxy) is 1. The van der Waals surface area contributed by atoms with Gasteiger partial charge < -0.3 is 14.7 Å². The fourth-order valence-corrected chi connectivity index (χ4v) is 3.11. The summed E-state index contributed by atoms with van der Waals surface area (Å²) in [5.74, 6) is -1.97. The van der Waals surface area contributed by atoms with Gasteiger partial charge in [0.25, 0.3) is 0 Å². The molecule has 2 aromatic rings. The lowest BCUT2D eigenvalue weighted by Crippen LogP contribution is -2.37. The number of halogens is 3. The minimum absolute atomic E-state index is 0.0102. The van der Waals surface area contributed by atoms with E-state index in [9.17, 15) is 22.8 Å². The van der Waals surface area contributed by atoms with Crippen molar-refractivity contribution in [2.45, 2.75) is 25.9 Å². The van der Waals surface area contributed by atoms with Crippen LogP contribution in [0.1, 0.15) is 35.8 Å². The zero-order valence-electron chi connectivity index (χ0n) is 15.6. The van der Waals surface area contributed by atoms with Crippen LogP contribution in [0, 0.1) is 5.92 Å². The number of carbonyl (C=O) groups is 2. The zero-order chi connectivity index (χ0) is 21.3. The van der Waals surface area contributed by atoms with Gasteiger partial charge in [0.15, 0.2) is 11.5 Å². The summed E-state index contributed by atoms with van der Waals surface area (Å²) in [5, 5.41) is 12.5. The van der Waals surface area contributed by atoms with E-state index in [0.29, 0.717) is 32.0 Å². The molecule has 1 aliphatic rings. The van der Waals surface area contributed by atoms with Crippen molar-refractivity contribution in [1.29, 1.82) is 0 Å². The number of nitrogens with zero attached hydrogens (tertiary/aromatic N) is 5. The third-order valence-corrected chi connectivity index (χ3v) is 4.62. The van der Waals surface area contributed by atoms with Crippen molar-refractivity contribution in [3.05, 3.63) is 23.7 Å². The van der Waals surface area contributed by atoms with Gasteiger partial charge in [-0.25, -0.2) is 14.6 Å². The summed E-state index contributed by atoms with van der Waals surface area (Å²) in [6, 6.07) is 0.712. The fourth-order valence-electron chi connectivity index (χ4n) is 3.11. The summed E-state index contributed by atoms with van der Waals surface area (Å²) in [5.41, 5.74) is -1.12. The minimum atomic E-state index is -4.64. The number of aromatic nitrogens is 4. The van der Waals surface area contributed by atoms with Crippen LogP contribution in [-0.4, -0.2) is 49.7 Å². The quantitative estimate of drug-likeness (QED) is 0.745. The van der Waals surface area contributed by atoms with Crippen LogP contribution in [0.25, 0.3) is 0 Å². The Kier molecular flexibility index (Phi) is 5.44. The number of hydrogen-bond donors (Lipinski definition) is 1. The molecule has 156 valence electrons. The predicted octanol–water partition coefficient (Wildman–Crippen LogP) is 2.52. The number of ketones is 1. The number of hydrogen-bond acceptors (Lipinski definition) is 7. The molecule has 0 atom stereocenters. The molecular formula is C17H18F3N5O4. The van der Waals surface area contributed by atoms with Gasteiger partial charge in [0, 0.05) is 26.2 Å². The first-order chi connectivity index (χ1) is 13.6. The lowest BCUT2D eigenvalue weighted by Gasteiger charge is -2.32. The van der Waals surface area contributed by atoms with Crippen LogP contribution in [0.4, 0.5) is 19.0 Å². The molecule has 9 nitrogen and oxygen atoms in total. The highest BCUT2D eigenvalue weighted by molar-refractivity contribution is 6.01. The molecular weight excluding hydrogens is 395 g/mol. The molecule has 0 radical (unpaired) electrons. The summed E-state index contributed by atoms with van der Waals surface area (Å²) < 4.78 is 45.0. The van der Waals surface area contributed by atoms with Gasteiger partial charge in [0.1, 0.15) is 17.7 Å². The van der Waals surface area contributed by atoms with Gasteiger partial charge in [-0.15, -0.1) is 0 Å². The lowest BCUT2D eigenvalue weighted by molar-refractivity contribution is -0.142. The number of rotatable bonds is 5. The predicted molar refractivity (Wildman–Crippen MR) is 92.9 cm³/mol. The first-order valence-electron chi connectivity index (χ1n) is 8.70. The molecule has 1 fully saturated rings. The van der Waals surface area contributed by atoms with E-state index < -0.39 is 29.5 Å². The van der Waals surface area contributed by atoms with Crippen LogP contribution >= 0.6 is 0 Å². The third-order valence-electron chi connectivity index (χ3n) is 4.62. The molecule has 0 aromatic carbocycles. The zero-order valence-corrected chi connectivity index (χ0v) is 15.6. The minimum Gasteiger partial charge on any atom is -0.481 e. The summed E-state index contributed by atoms with van der Waals surface area (Å²) in [4.78, 5) is 33.2. The van der Waals surface area contributed by atoms with Crippen LogP contribution in [0.15, 0.2) is 12.4 Å². The highest BCUT2D eigenvalue weighted by Gasteiger charge is 2.35. The van der Waals surface area contributed by atoms with Crippen molar-refractivity contribution >= 4 is 17.6 Å². The smallest absolute Gasteiger partial charge is 0.435 e. The van der Waals surface area contributed by atoms with Gasteiger partial charge in [-0.1, -0.05) is 0 Å². The topological polar surface area (TPSA) is 110 Å². The van der Waals surface area contributed by atoms with Crippen molar-refractivity contribution < 1.29 is 32.6 Å². The number of carbonyl (C=O) groups excluding carboxylic acids is 1. The summed E-state index contributed by atoms with van der Waals surface area (Å²) in [7, 11) is 1.27. The second kappa shape index (κ2) is 7.68. The molecule has 3 rings (SSSR count). The van der Waals surface area contributed by atoms with Crippen molar-refractivity contribution in [1.82, 2.24) is 19.7 Å². The first-order valence-corrected chi connectivity index (χ1v) is 8.70. The first kappa shape index (κ1) is 20.6. The number of aliphatic carboxylic acids is 1. The van der Waals surface area contributed by atoms with E-state index >= 15 is 0 Å². The van der Waals surface area contributed by atoms with Crippen molar-refractivity contribution in [3.63, 3.8) is 0 Å². The van der Waals surface area contributed by atoms with Gasteiger partial charge >= 0.3 is 12.1 Å². The molecule has 1 saturated heterocycles. The Hall–Kier alpha value is -3.18. The van der Waals surface area contributed by atoms with Crippen molar-refractivity contribution in [3.8, 4) is 11.8 Å². The van der Waals surface area contributed by atoms with E-state index in [4.69, 9.17) is 9.84 Å². The standard InChI is InChI=1S/C17H18F3N5O4/c1-9(26)13-14(25-5-3-10(4-6-25)16(27)28)21-8-22-15(13)29-12-7-11(17(18,19)20)23-24(12)2/h7-8,10H,3-6H2,1-2H3,(H,27,28). The van der Waals surface area contributed by atoms with Gasteiger partial charge in [-0.2, -0.15) is 18.3 Å². The maximum absolute atomic E-state index is 12.9. The number of carboxylic acids is 1. The molecule has 2 aromatic heterocycles. The number of anilines is 1. The number of aryl methyl sites for hydroxylation is 1. The molecule has 12 heteroatoms. The SMILES string of the molecule is CC(=O)c1c(Oc2cc(C(F)(F)F)nn2C)ncnc1N1CCC(C(=O)O)CC1. The molecule has 0 amide bonds. The average Bonchev–Trinajstić information content (AvgIpc) is 3.02. The Balaban J connectivity index is 1.91. The summed E-state index contributed by atoms with van der Waals surface area (Å²) in [6.07, 6.45) is -2.75. The van der Waals surface area contributed by atoms with E-state index in [2.05, 4.69) is 15.1 Å². The van der Waals surface area contributed by atoms with Gasteiger partial charge in [0.2, 0.25) is 11.8 Å². The number of carboxylic acid groups (broad SMARTS) is 1. The van der Waals surface area contributed by atoms with E-state index in [-0.39, 0.29) is 23.1 Å². The molecule has 0 bridgehead atoms. The second-order valence-corrected chi connectivity index (χ2v) is 6.62. The summed E-state index contributed by atoms with van der Waals surface area (Å²) >= 11 is 0. The largest absolute Gasteiger partial charge is 0.481 e. The van der Waals surface area contributed by atoms with Gasteiger partial charge in [-0.05, 0) is 19.8 Å². The van der Waals surface area contributed by atoms with E-state index in [0.717, 1.165) is 11.0 Å². The maximum atomic E-state index is 12.9. The van der Waals surface area contributed by atoms with Crippen LogP contribution in [-0.2, 0) is 18.0 Å². The number of alkyl halides is 3. The van der Waals surface area contributed by atoms with Crippen LogP contribution in [0.5, 0.6) is 11.8 Å². The number of piperidine rings is 1. The molecule has 0 spiro atoms. The van der Waals surface area contributed by atoms with Crippen LogP contribution < -0.4 is 9.64 Å². The summed E-state index contributed by atoms with van der Waals surface area (Å²) in [6.45, 7) is 1.98. The highest BCUT2D eigenvalue weighted by atomic mass is 19.4. The molecule has 0 saturated carbocycles. The monoisotopic (exact) mass is 413 g/mol. The van der Waals surface area contributed by atoms with Gasteiger partial charge in [-0.3, -0.25) is 9.59 Å². The highest BCUT2D eigenvalue weighted by Crippen LogP contribution is 2.34. The second-order valence-electron chi connectivity index (χ2n) is 6.62. The van der Waals surface area contributed by atoms with Crippen LogP contribution in [0.3, 0.4) is 0 Å². The molecule has 0 aliphatic carbocycles. The Bertz CT molecular complexity index is 936. The van der Waals surface area contributed by atoms with Gasteiger partial charge in [0.05, 0.1) is 5.92 Å². The Morgan fingerprint density at radius 1 is 1.24 bits per heavy atom. The Morgan fingerprint density at radius 3 is 2.41 bits per heavy atom. The lowest BCUT2D eigenvalue weighted by atomic mass is 9.97. The number of Topliss-reactive ketones (excluding diaryl/α,β-unsaturated/α-hetero) is 1. The molecule has 29 heavy (non-hydrogen) atoms. The molecule has 1 aliphatic heterocycles. The van der Waals surface area contributed by atoms with Crippen LogP contribution in [0.2, 0.25) is 0 Å². The molecule has 0 unspecified atom stereocenters. The van der Waals surface area contributed by atoms with Crippen molar-refractivity contribution in [2.24, 2.45) is 13.0 Å². The van der Waals surface area contributed by atoms with E-state index in [1.165, 1.54) is 14.0 Å². The third kappa shape index (κ3) is 4.30. The fraction of sp³-hybridized carbons (Fsp3) is 0.471. The molecule has 1 N–H and O–H groups in total. The average molecular weight is 413 g/mol. The maximum Gasteiger partial charge on any atom is 0.435 e. The normalized spacial score (nSPS) is 15.4. The van der Waals surface area contributed by atoms with E-state index in [1.807, 2.05) is 0 Å². The van der Waals surface area contributed by atoms with Crippen molar-refractivity contribution in [2.75, 3.05) is 18.0 Å². The Labute approximate surface area is 163 Å².